The molecule has 0 saturated heterocycles. The molecule has 1 aromatic rings. The smallest absolute Gasteiger partial charge is 0.233 e. The fourth-order valence-corrected chi connectivity index (χ4v) is 2.71. The second kappa shape index (κ2) is 6.98. The van der Waals surface area contributed by atoms with Crippen molar-refractivity contribution < 1.29 is 9.18 Å². The normalized spacial score (nSPS) is 12.8. The second-order valence-corrected chi connectivity index (χ2v) is 5.80. The minimum atomic E-state index is -0.840. The molecule has 3 N–H and O–H groups in total. The number of carbonyl (C=O) groups excluding carboxylic acids is 1. The SMILES string of the molecule is CCC(CC)(C(=O)NC(C)c1ccc(C)c(F)c1)C(N)=S. The molecule has 0 aliphatic heterocycles. The van der Waals surface area contributed by atoms with Crippen LogP contribution in [0.2, 0.25) is 0 Å². The van der Waals surface area contributed by atoms with Crippen molar-refractivity contribution >= 4 is 23.1 Å². The third-order valence-corrected chi connectivity index (χ3v) is 4.55. The van der Waals surface area contributed by atoms with Gasteiger partial charge in [-0.2, -0.15) is 0 Å². The number of nitrogens with two attached hydrogens (primary N) is 1. The first kappa shape index (κ1) is 17.6. The third-order valence-electron chi connectivity index (χ3n) is 4.16. The minimum Gasteiger partial charge on any atom is -0.392 e. The number of nitrogens with one attached hydrogen (secondary N) is 1. The summed E-state index contributed by atoms with van der Waals surface area (Å²) in [6, 6.07) is 4.65. The summed E-state index contributed by atoms with van der Waals surface area (Å²) in [4.78, 5) is 12.7. The van der Waals surface area contributed by atoms with Gasteiger partial charge in [-0.3, -0.25) is 4.79 Å². The first-order valence-corrected chi connectivity index (χ1v) is 7.56. The summed E-state index contributed by atoms with van der Waals surface area (Å²) in [5.74, 6) is -0.478. The van der Waals surface area contributed by atoms with E-state index in [4.69, 9.17) is 18.0 Å². The van der Waals surface area contributed by atoms with Crippen molar-refractivity contribution in [2.75, 3.05) is 0 Å². The van der Waals surface area contributed by atoms with Crippen LogP contribution in [0.15, 0.2) is 18.2 Å². The molecule has 0 aromatic heterocycles. The van der Waals surface area contributed by atoms with Crippen molar-refractivity contribution in [2.24, 2.45) is 11.1 Å². The molecule has 1 atom stereocenters. The maximum atomic E-state index is 13.6. The minimum absolute atomic E-state index is 0.200. The lowest BCUT2D eigenvalue weighted by molar-refractivity contribution is -0.128. The highest BCUT2D eigenvalue weighted by Gasteiger charge is 2.38. The van der Waals surface area contributed by atoms with Crippen LogP contribution in [0.1, 0.15) is 50.8 Å². The van der Waals surface area contributed by atoms with Crippen LogP contribution in [0.4, 0.5) is 4.39 Å². The Morgan fingerprint density at radius 1 is 1.43 bits per heavy atom. The summed E-state index contributed by atoms with van der Waals surface area (Å²) in [7, 11) is 0. The van der Waals surface area contributed by atoms with Crippen molar-refractivity contribution in [3.63, 3.8) is 0 Å². The van der Waals surface area contributed by atoms with E-state index in [1.54, 1.807) is 13.0 Å². The summed E-state index contributed by atoms with van der Waals surface area (Å²) in [6.45, 7) is 7.29. The first-order chi connectivity index (χ1) is 9.78. The van der Waals surface area contributed by atoms with Crippen LogP contribution in [0.25, 0.3) is 0 Å². The van der Waals surface area contributed by atoms with E-state index in [2.05, 4.69) is 5.32 Å². The molecule has 1 aromatic carbocycles. The molecule has 21 heavy (non-hydrogen) atoms. The van der Waals surface area contributed by atoms with E-state index in [9.17, 15) is 9.18 Å². The molecule has 1 rings (SSSR count). The molecule has 116 valence electrons. The zero-order valence-electron chi connectivity index (χ0n) is 13.0. The van der Waals surface area contributed by atoms with Gasteiger partial charge in [-0.15, -0.1) is 0 Å². The van der Waals surface area contributed by atoms with Gasteiger partial charge in [-0.25, -0.2) is 4.39 Å². The van der Waals surface area contributed by atoms with Crippen molar-refractivity contribution in [3.05, 3.63) is 35.1 Å². The molecule has 0 radical (unpaired) electrons. The molecule has 0 aliphatic carbocycles. The zero-order valence-corrected chi connectivity index (χ0v) is 13.8. The number of rotatable bonds is 6. The molecular formula is C16H23FN2OS. The fourth-order valence-electron chi connectivity index (χ4n) is 2.33. The largest absolute Gasteiger partial charge is 0.392 e. The standard InChI is InChI=1S/C16H23FN2OS/c1-5-16(6-2,14(18)21)15(20)19-11(4)12-8-7-10(3)13(17)9-12/h7-9,11H,5-6H2,1-4H3,(H2,18,21)(H,19,20). The lowest BCUT2D eigenvalue weighted by atomic mass is 9.81. The highest BCUT2D eigenvalue weighted by atomic mass is 32.1. The maximum absolute atomic E-state index is 13.6. The second-order valence-electron chi connectivity index (χ2n) is 5.36. The van der Waals surface area contributed by atoms with Gasteiger partial charge in [-0.1, -0.05) is 38.2 Å². The van der Waals surface area contributed by atoms with Gasteiger partial charge >= 0.3 is 0 Å². The molecule has 1 amide bonds. The van der Waals surface area contributed by atoms with Crippen LogP contribution >= 0.6 is 12.2 Å². The topological polar surface area (TPSA) is 55.1 Å². The number of carbonyl (C=O) groups is 1. The van der Waals surface area contributed by atoms with Gasteiger partial charge in [0.1, 0.15) is 5.82 Å². The van der Waals surface area contributed by atoms with Crippen molar-refractivity contribution in [3.8, 4) is 0 Å². The average Bonchev–Trinajstić information content (AvgIpc) is 2.43. The van der Waals surface area contributed by atoms with E-state index in [-0.39, 0.29) is 22.8 Å². The van der Waals surface area contributed by atoms with Crippen LogP contribution in [0, 0.1) is 18.2 Å². The van der Waals surface area contributed by atoms with Gasteiger partial charge < -0.3 is 11.1 Å². The number of thiocarbonyl (C=S) groups is 1. The van der Waals surface area contributed by atoms with Gasteiger partial charge in [0.25, 0.3) is 0 Å². The van der Waals surface area contributed by atoms with E-state index >= 15 is 0 Å². The number of halogens is 1. The van der Waals surface area contributed by atoms with E-state index in [1.807, 2.05) is 26.8 Å². The lowest BCUT2D eigenvalue weighted by Crippen LogP contribution is -2.48. The number of hydrogen-bond donors (Lipinski definition) is 2. The molecule has 3 nitrogen and oxygen atoms in total. The van der Waals surface area contributed by atoms with Crippen LogP contribution in [0.5, 0.6) is 0 Å². The molecule has 0 aliphatic rings. The molecule has 0 bridgehead atoms. The highest BCUT2D eigenvalue weighted by molar-refractivity contribution is 7.80. The Bertz CT molecular complexity index is 541. The molecule has 0 saturated carbocycles. The van der Waals surface area contributed by atoms with Crippen molar-refractivity contribution in [1.82, 2.24) is 5.32 Å². The van der Waals surface area contributed by atoms with Crippen molar-refractivity contribution in [1.29, 1.82) is 0 Å². The lowest BCUT2D eigenvalue weighted by Gasteiger charge is -2.30. The average molecular weight is 310 g/mol. The van der Waals surface area contributed by atoms with Crippen molar-refractivity contribution in [2.45, 2.75) is 46.6 Å². The summed E-state index contributed by atoms with van der Waals surface area (Å²) < 4.78 is 13.6. The molecule has 0 spiro atoms. The van der Waals surface area contributed by atoms with Crippen LogP contribution in [-0.2, 0) is 4.79 Å². The van der Waals surface area contributed by atoms with Gasteiger partial charge in [0, 0.05) is 0 Å². The fraction of sp³-hybridized carbons (Fsp3) is 0.500. The zero-order chi connectivity index (χ0) is 16.2. The highest BCUT2D eigenvalue weighted by Crippen LogP contribution is 2.28. The van der Waals surface area contributed by atoms with Crippen LogP contribution in [0.3, 0.4) is 0 Å². The molecule has 0 heterocycles. The Balaban J connectivity index is 2.95. The number of benzene rings is 1. The van der Waals surface area contributed by atoms with E-state index < -0.39 is 5.41 Å². The van der Waals surface area contributed by atoms with Gasteiger partial charge in [0.05, 0.1) is 16.4 Å². The van der Waals surface area contributed by atoms with E-state index in [0.717, 1.165) is 5.56 Å². The number of aryl methyl sites for hydroxylation is 1. The van der Waals surface area contributed by atoms with Crippen LogP contribution in [-0.4, -0.2) is 10.9 Å². The summed E-state index contributed by atoms with van der Waals surface area (Å²) in [6.07, 6.45) is 1.08. The Kier molecular flexibility index (Phi) is 5.84. The third kappa shape index (κ3) is 3.59. The quantitative estimate of drug-likeness (QED) is 0.792. The Morgan fingerprint density at radius 3 is 2.43 bits per heavy atom. The van der Waals surface area contributed by atoms with Gasteiger partial charge in [-0.05, 0) is 43.9 Å². The summed E-state index contributed by atoms with van der Waals surface area (Å²) in [5, 5.41) is 2.89. The molecule has 1 unspecified atom stereocenters. The predicted octanol–water partition coefficient (Wildman–Crippen LogP) is 3.40. The Labute approximate surface area is 131 Å². The first-order valence-electron chi connectivity index (χ1n) is 7.15. The summed E-state index contributed by atoms with van der Waals surface area (Å²) in [5.41, 5.74) is 6.22. The maximum Gasteiger partial charge on any atom is 0.233 e. The van der Waals surface area contributed by atoms with Gasteiger partial charge in [0.2, 0.25) is 5.91 Å². The Hall–Kier alpha value is -1.49. The van der Waals surface area contributed by atoms with E-state index in [1.165, 1.54) is 6.07 Å². The number of amides is 1. The Morgan fingerprint density at radius 2 is 2.00 bits per heavy atom. The monoisotopic (exact) mass is 310 g/mol. The molecule has 5 heteroatoms. The van der Waals surface area contributed by atoms with Gasteiger partial charge in [0.15, 0.2) is 0 Å². The molecular weight excluding hydrogens is 287 g/mol. The summed E-state index contributed by atoms with van der Waals surface area (Å²) >= 11 is 5.07. The van der Waals surface area contributed by atoms with E-state index in [0.29, 0.717) is 18.4 Å². The molecule has 0 fully saturated rings. The number of hydrogen-bond acceptors (Lipinski definition) is 2. The predicted molar refractivity (Wildman–Crippen MR) is 87.5 cm³/mol. The van der Waals surface area contributed by atoms with Crippen LogP contribution < -0.4 is 11.1 Å².